The highest BCUT2D eigenvalue weighted by atomic mass is 32.2. The van der Waals surface area contributed by atoms with Crippen LogP contribution >= 0.6 is 11.8 Å². The number of benzene rings is 2. The highest BCUT2D eigenvalue weighted by Gasteiger charge is 2.38. The highest BCUT2D eigenvalue weighted by Crippen LogP contribution is 2.31. The first kappa shape index (κ1) is 27.8. The van der Waals surface area contributed by atoms with Gasteiger partial charge in [0.2, 0.25) is 0 Å². The monoisotopic (exact) mass is 510 g/mol. The molecule has 0 aliphatic carbocycles. The van der Waals surface area contributed by atoms with E-state index >= 15 is 0 Å². The summed E-state index contributed by atoms with van der Waals surface area (Å²) in [5.74, 6) is 0.285. The Balaban J connectivity index is 1.59. The summed E-state index contributed by atoms with van der Waals surface area (Å²) in [4.78, 5) is 26.8. The quantitative estimate of drug-likeness (QED) is 0.232. The Morgan fingerprint density at radius 1 is 1.11 bits per heavy atom. The van der Waals surface area contributed by atoms with Crippen molar-refractivity contribution in [3.8, 4) is 0 Å². The first-order valence-electron chi connectivity index (χ1n) is 12.5. The van der Waals surface area contributed by atoms with Gasteiger partial charge in [0.25, 0.3) is 0 Å². The summed E-state index contributed by atoms with van der Waals surface area (Å²) < 4.78 is 10.8. The van der Waals surface area contributed by atoms with Gasteiger partial charge in [-0.2, -0.15) is 0 Å². The van der Waals surface area contributed by atoms with Crippen LogP contribution in [0.1, 0.15) is 50.7 Å². The summed E-state index contributed by atoms with van der Waals surface area (Å²) in [6.45, 7) is 11.2. The van der Waals surface area contributed by atoms with Gasteiger partial charge in [0, 0.05) is 30.3 Å². The molecule has 0 radical (unpaired) electrons. The third-order valence-electron chi connectivity index (χ3n) is 5.98. The largest absolute Gasteiger partial charge is 0.452 e. The molecule has 0 spiro atoms. The van der Waals surface area contributed by atoms with Gasteiger partial charge in [0.05, 0.1) is 0 Å². The molecule has 36 heavy (non-hydrogen) atoms. The average Bonchev–Trinajstić information content (AvgIpc) is 3.24. The molecule has 2 aromatic carbocycles. The van der Waals surface area contributed by atoms with Gasteiger partial charge in [0.15, 0.2) is 0 Å². The molecular weight excluding hydrogens is 472 g/mol. The number of nitrogens with zero attached hydrogens (tertiary/aromatic N) is 1. The molecule has 2 unspecified atom stereocenters. The van der Waals surface area contributed by atoms with Crippen molar-refractivity contribution in [2.24, 2.45) is 0 Å². The van der Waals surface area contributed by atoms with Gasteiger partial charge in [0.1, 0.15) is 12.2 Å². The first-order chi connectivity index (χ1) is 17.3. The van der Waals surface area contributed by atoms with Crippen LogP contribution in [0.25, 0.3) is 0 Å². The van der Waals surface area contributed by atoms with E-state index in [9.17, 15) is 9.59 Å². The van der Waals surface area contributed by atoms with Gasteiger partial charge in [-0.25, -0.2) is 9.59 Å². The Kier molecular flexibility index (Phi) is 10.4. The molecule has 1 aliphatic rings. The number of rotatable bonds is 10. The smallest absolute Gasteiger partial charge is 0.410 e. The van der Waals surface area contributed by atoms with Crippen LogP contribution in [0, 0.1) is 0 Å². The predicted octanol–water partition coefficient (Wildman–Crippen LogP) is 6.23. The molecule has 3 rings (SSSR count). The number of likely N-dealkylation sites (tertiary alicyclic amines) is 1. The zero-order valence-electron chi connectivity index (χ0n) is 21.5. The van der Waals surface area contributed by atoms with E-state index in [2.05, 4.69) is 60.4 Å². The Labute approximate surface area is 219 Å². The lowest BCUT2D eigenvalue weighted by Gasteiger charge is -2.24. The van der Waals surface area contributed by atoms with Gasteiger partial charge in [-0.05, 0) is 63.0 Å². The Bertz CT molecular complexity index is 938. The van der Waals surface area contributed by atoms with E-state index in [0.29, 0.717) is 19.5 Å². The Morgan fingerprint density at radius 2 is 1.72 bits per heavy atom. The minimum Gasteiger partial charge on any atom is -0.452 e. The van der Waals surface area contributed by atoms with Gasteiger partial charge < -0.3 is 19.7 Å². The molecule has 7 heteroatoms. The van der Waals surface area contributed by atoms with Crippen molar-refractivity contribution in [3.63, 3.8) is 0 Å². The number of nitrogens with one attached hydrogen (secondary N) is 1. The number of hydrogen-bond donors (Lipinski definition) is 1. The van der Waals surface area contributed by atoms with Gasteiger partial charge in [-0.1, -0.05) is 73.3 Å². The van der Waals surface area contributed by atoms with E-state index in [1.54, 1.807) is 11.0 Å². The fraction of sp³-hybridized carbons (Fsp3) is 0.448. The third kappa shape index (κ3) is 8.71. The number of carbonyl (C=O) groups excluding carboxylic acids is 2. The van der Waals surface area contributed by atoms with Gasteiger partial charge in [-0.3, -0.25) is 0 Å². The standard InChI is InChI=1S/C29H38N2O4S/c1-5-18-34-27(32)31-21-25(36-28(33)35-29(2,3)4)19-24(31)20-30-17-16-26(22-12-8-6-9-13-22)23-14-10-7-11-15-23/h5-15,24-26,30H,1,16-21H2,2-4H3. The van der Waals surface area contributed by atoms with E-state index in [-0.39, 0.29) is 35.2 Å². The van der Waals surface area contributed by atoms with Crippen molar-refractivity contribution in [2.75, 3.05) is 26.2 Å². The molecule has 1 N–H and O–H groups in total. The summed E-state index contributed by atoms with van der Waals surface area (Å²) in [7, 11) is 0. The lowest BCUT2D eigenvalue weighted by molar-refractivity contribution is 0.0736. The molecule has 1 heterocycles. The topological polar surface area (TPSA) is 67.9 Å². The van der Waals surface area contributed by atoms with Crippen LogP contribution in [-0.2, 0) is 9.47 Å². The molecule has 0 saturated carbocycles. The molecule has 2 atom stereocenters. The summed E-state index contributed by atoms with van der Waals surface area (Å²) >= 11 is 1.16. The maximum absolute atomic E-state index is 12.7. The lowest BCUT2D eigenvalue weighted by Crippen LogP contribution is -2.42. The van der Waals surface area contributed by atoms with E-state index < -0.39 is 5.60 Å². The first-order valence-corrected chi connectivity index (χ1v) is 13.4. The van der Waals surface area contributed by atoms with Crippen LogP contribution in [-0.4, -0.2) is 59.4 Å². The molecule has 0 bridgehead atoms. The van der Waals surface area contributed by atoms with E-state index in [4.69, 9.17) is 9.47 Å². The van der Waals surface area contributed by atoms with Crippen LogP contribution in [0.15, 0.2) is 73.3 Å². The highest BCUT2D eigenvalue weighted by molar-refractivity contribution is 8.13. The summed E-state index contributed by atoms with van der Waals surface area (Å²) in [6.07, 6.45) is 2.81. The minimum atomic E-state index is -0.541. The maximum atomic E-state index is 12.7. The number of thioether (sulfide) groups is 1. The number of hydrogen-bond acceptors (Lipinski definition) is 6. The normalized spacial score (nSPS) is 17.7. The molecule has 1 saturated heterocycles. The lowest BCUT2D eigenvalue weighted by atomic mass is 9.88. The molecule has 194 valence electrons. The van der Waals surface area contributed by atoms with Crippen molar-refractivity contribution >= 4 is 23.2 Å². The van der Waals surface area contributed by atoms with Crippen LogP contribution in [0.4, 0.5) is 9.59 Å². The molecular formula is C29H38N2O4S. The number of ether oxygens (including phenoxy) is 2. The second-order valence-electron chi connectivity index (χ2n) is 9.98. The number of amides is 1. The number of carbonyl (C=O) groups is 2. The Morgan fingerprint density at radius 3 is 2.28 bits per heavy atom. The molecule has 1 aliphatic heterocycles. The second-order valence-corrected chi connectivity index (χ2v) is 11.2. The van der Waals surface area contributed by atoms with Gasteiger partial charge in [-0.15, -0.1) is 0 Å². The molecule has 2 aromatic rings. The van der Waals surface area contributed by atoms with Crippen molar-refractivity contribution in [2.45, 2.75) is 56.4 Å². The third-order valence-corrected chi connectivity index (χ3v) is 6.93. The van der Waals surface area contributed by atoms with Crippen LogP contribution in [0.5, 0.6) is 0 Å². The van der Waals surface area contributed by atoms with E-state index in [1.165, 1.54) is 11.1 Å². The zero-order valence-corrected chi connectivity index (χ0v) is 22.3. The fourth-order valence-corrected chi connectivity index (χ4v) is 5.53. The second kappa shape index (κ2) is 13.5. The van der Waals surface area contributed by atoms with Crippen molar-refractivity contribution < 1.29 is 19.1 Å². The summed E-state index contributed by atoms with van der Waals surface area (Å²) in [6, 6.07) is 21.0. The predicted molar refractivity (Wildman–Crippen MR) is 146 cm³/mol. The summed E-state index contributed by atoms with van der Waals surface area (Å²) in [5.41, 5.74) is 2.03. The molecule has 1 amide bonds. The van der Waals surface area contributed by atoms with E-state index in [1.807, 2.05) is 32.9 Å². The minimum absolute atomic E-state index is 0.0377. The van der Waals surface area contributed by atoms with Crippen molar-refractivity contribution in [3.05, 3.63) is 84.4 Å². The molecule has 0 aromatic heterocycles. The van der Waals surface area contributed by atoms with E-state index in [0.717, 1.165) is 24.7 Å². The van der Waals surface area contributed by atoms with Crippen molar-refractivity contribution in [1.82, 2.24) is 10.2 Å². The fourth-order valence-electron chi connectivity index (χ4n) is 4.41. The van der Waals surface area contributed by atoms with Crippen LogP contribution in [0.2, 0.25) is 0 Å². The van der Waals surface area contributed by atoms with Crippen LogP contribution < -0.4 is 5.32 Å². The maximum Gasteiger partial charge on any atom is 0.410 e. The zero-order chi connectivity index (χ0) is 26.0. The molecule has 6 nitrogen and oxygen atoms in total. The summed E-state index contributed by atoms with van der Waals surface area (Å²) in [5, 5.41) is 3.21. The Hall–Kier alpha value is -2.77. The van der Waals surface area contributed by atoms with Crippen LogP contribution in [0.3, 0.4) is 0 Å². The average molecular weight is 511 g/mol. The van der Waals surface area contributed by atoms with Crippen molar-refractivity contribution in [1.29, 1.82) is 0 Å². The SMILES string of the molecule is C=CCOC(=O)N1CC(SC(=O)OC(C)(C)C)CC1CNCCC(c1ccccc1)c1ccccc1. The molecule has 1 fully saturated rings. The van der Waals surface area contributed by atoms with Gasteiger partial charge >= 0.3 is 11.4 Å².